The van der Waals surface area contributed by atoms with Gasteiger partial charge in [0.2, 0.25) is 5.88 Å². The van der Waals surface area contributed by atoms with Crippen LogP contribution in [0.3, 0.4) is 0 Å². The first-order valence-corrected chi connectivity index (χ1v) is 8.40. The number of aromatic nitrogens is 4. The zero-order valence-electron chi connectivity index (χ0n) is 13.8. The van der Waals surface area contributed by atoms with E-state index in [0.29, 0.717) is 5.92 Å². The molecule has 0 bridgehead atoms. The average Bonchev–Trinajstić information content (AvgIpc) is 3.08. The number of hydrogen-bond acceptors (Lipinski definition) is 5. The number of hydrogen-bond donors (Lipinski definition) is 0. The second-order valence-corrected chi connectivity index (χ2v) is 6.28. The molecule has 3 aromatic rings. The van der Waals surface area contributed by atoms with Crippen LogP contribution in [0.15, 0.2) is 42.7 Å². The summed E-state index contributed by atoms with van der Waals surface area (Å²) in [5.41, 5.74) is 1.88. The lowest BCUT2D eigenvalue weighted by molar-refractivity contribution is 0.215. The van der Waals surface area contributed by atoms with Crippen molar-refractivity contribution in [3.8, 4) is 5.88 Å². The van der Waals surface area contributed by atoms with Crippen LogP contribution in [-0.2, 0) is 0 Å². The Morgan fingerprint density at radius 3 is 2.83 bits per heavy atom. The molecular weight excluding hydrogens is 302 g/mol. The largest absolute Gasteiger partial charge is 0.477 e. The lowest BCUT2D eigenvalue weighted by atomic mass is 9.98. The van der Waals surface area contributed by atoms with Crippen LogP contribution in [-0.4, -0.2) is 39.3 Å². The van der Waals surface area contributed by atoms with Crippen molar-refractivity contribution in [2.45, 2.75) is 19.8 Å². The minimum absolute atomic E-state index is 0.572. The average molecular weight is 323 g/mol. The SMILES string of the molecule is Cc1cccc(OCC2CCN(c3ccn4nccc4n3)CC2)n1. The molecule has 1 aliphatic rings. The lowest BCUT2D eigenvalue weighted by Crippen LogP contribution is -2.36. The van der Waals surface area contributed by atoms with Crippen LogP contribution in [0.25, 0.3) is 5.65 Å². The number of nitrogens with zero attached hydrogens (tertiary/aromatic N) is 5. The van der Waals surface area contributed by atoms with Crippen LogP contribution in [0.5, 0.6) is 5.88 Å². The summed E-state index contributed by atoms with van der Waals surface area (Å²) in [5, 5.41) is 4.19. The molecule has 0 saturated carbocycles. The second-order valence-electron chi connectivity index (χ2n) is 6.28. The molecule has 0 aliphatic carbocycles. The maximum atomic E-state index is 5.86. The fraction of sp³-hybridized carbons (Fsp3) is 0.389. The Bertz CT molecular complexity index is 823. The molecule has 0 radical (unpaired) electrons. The van der Waals surface area contributed by atoms with Crippen LogP contribution >= 0.6 is 0 Å². The molecule has 1 aliphatic heterocycles. The molecule has 0 N–H and O–H groups in total. The molecule has 6 heteroatoms. The number of fused-ring (bicyclic) bond motifs is 1. The van der Waals surface area contributed by atoms with Gasteiger partial charge in [-0.05, 0) is 37.8 Å². The Morgan fingerprint density at radius 2 is 2.00 bits per heavy atom. The molecule has 24 heavy (non-hydrogen) atoms. The van der Waals surface area contributed by atoms with Crippen LogP contribution in [0, 0.1) is 12.8 Å². The number of piperidine rings is 1. The van der Waals surface area contributed by atoms with Crippen LogP contribution in [0.2, 0.25) is 0 Å². The Kier molecular flexibility index (Phi) is 4.02. The molecule has 0 unspecified atom stereocenters. The van der Waals surface area contributed by atoms with E-state index in [-0.39, 0.29) is 0 Å². The van der Waals surface area contributed by atoms with Crippen molar-refractivity contribution in [1.82, 2.24) is 19.6 Å². The van der Waals surface area contributed by atoms with Crippen LogP contribution < -0.4 is 9.64 Å². The van der Waals surface area contributed by atoms with E-state index in [1.54, 1.807) is 10.7 Å². The maximum absolute atomic E-state index is 5.86. The Hall–Kier alpha value is -2.63. The van der Waals surface area contributed by atoms with E-state index in [1.807, 2.05) is 43.5 Å². The van der Waals surface area contributed by atoms with Gasteiger partial charge in [-0.3, -0.25) is 0 Å². The Balaban J connectivity index is 1.33. The third kappa shape index (κ3) is 3.18. The second kappa shape index (κ2) is 6.47. The minimum atomic E-state index is 0.572. The summed E-state index contributed by atoms with van der Waals surface area (Å²) in [7, 11) is 0. The van der Waals surface area contributed by atoms with Gasteiger partial charge >= 0.3 is 0 Å². The summed E-state index contributed by atoms with van der Waals surface area (Å²) in [6.07, 6.45) is 5.96. The molecule has 0 spiro atoms. The van der Waals surface area contributed by atoms with Gasteiger partial charge in [-0.2, -0.15) is 5.10 Å². The summed E-state index contributed by atoms with van der Waals surface area (Å²) in [4.78, 5) is 11.4. The van der Waals surface area contributed by atoms with E-state index < -0.39 is 0 Å². The monoisotopic (exact) mass is 323 g/mol. The smallest absolute Gasteiger partial charge is 0.213 e. The maximum Gasteiger partial charge on any atom is 0.213 e. The normalized spacial score (nSPS) is 15.8. The summed E-state index contributed by atoms with van der Waals surface area (Å²) >= 11 is 0. The van der Waals surface area contributed by atoms with Crippen LogP contribution in [0.4, 0.5) is 5.82 Å². The quantitative estimate of drug-likeness (QED) is 0.739. The number of anilines is 1. The molecule has 124 valence electrons. The van der Waals surface area contributed by atoms with Crippen molar-refractivity contribution in [2.75, 3.05) is 24.6 Å². The first-order chi connectivity index (χ1) is 11.8. The third-order valence-corrected chi connectivity index (χ3v) is 4.51. The molecule has 3 aromatic heterocycles. The van der Waals surface area contributed by atoms with E-state index >= 15 is 0 Å². The Labute approximate surface area is 141 Å². The molecule has 4 rings (SSSR count). The van der Waals surface area contributed by atoms with Gasteiger partial charge in [-0.1, -0.05) is 6.07 Å². The van der Waals surface area contributed by atoms with Gasteiger partial charge in [0.25, 0.3) is 0 Å². The highest BCUT2D eigenvalue weighted by Crippen LogP contribution is 2.23. The molecule has 6 nitrogen and oxygen atoms in total. The van der Waals surface area contributed by atoms with E-state index in [1.165, 1.54) is 0 Å². The van der Waals surface area contributed by atoms with E-state index in [9.17, 15) is 0 Å². The van der Waals surface area contributed by atoms with Gasteiger partial charge in [-0.25, -0.2) is 14.5 Å². The number of pyridine rings is 1. The van der Waals surface area contributed by atoms with Gasteiger partial charge in [0, 0.05) is 37.1 Å². The molecule has 1 saturated heterocycles. The van der Waals surface area contributed by atoms with E-state index in [2.05, 4.69) is 20.0 Å². The molecule has 0 amide bonds. The van der Waals surface area contributed by atoms with Crippen molar-refractivity contribution in [2.24, 2.45) is 5.92 Å². The predicted molar refractivity (Wildman–Crippen MR) is 92.4 cm³/mol. The number of aryl methyl sites for hydroxylation is 1. The van der Waals surface area contributed by atoms with Crippen molar-refractivity contribution in [1.29, 1.82) is 0 Å². The van der Waals surface area contributed by atoms with Crippen molar-refractivity contribution in [3.63, 3.8) is 0 Å². The van der Waals surface area contributed by atoms with Gasteiger partial charge < -0.3 is 9.64 Å². The van der Waals surface area contributed by atoms with Crippen LogP contribution in [0.1, 0.15) is 18.5 Å². The van der Waals surface area contributed by atoms with Gasteiger partial charge in [0.15, 0.2) is 5.65 Å². The third-order valence-electron chi connectivity index (χ3n) is 4.51. The molecule has 1 fully saturated rings. The highest BCUT2D eigenvalue weighted by atomic mass is 16.5. The standard InChI is InChI=1S/C18H21N5O/c1-14-3-2-4-18(20-14)24-13-15-6-10-22(11-7-15)16-8-12-23-17(21-16)5-9-19-23/h2-5,8-9,12,15H,6-7,10-11,13H2,1H3. The predicted octanol–water partition coefficient (Wildman–Crippen LogP) is 2.73. The van der Waals surface area contributed by atoms with Gasteiger partial charge in [-0.15, -0.1) is 0 Å². The van der Waals surface area contributed by atoms with Crippen molar-refractivity contribution >= 4 is 11.5 Å². The zero-order chi connectivity index (χ0) is 16.4. The van der Waals surface area contributed by atoms with Crippen molar-refractivity contribution in [3.05, 3.63) is 48.4 Å². The zero-order valence-corrected chi connectivity index (χ0v) is 13.8. The summed E-state index contributed by atoms with van der Waals surface area (Å²) < 4.78 is 7.65. The highest BCUT2D eigenvalue weighted by molar-refractivity contribution is 5.47. The minimum Gasteiger partial charge on any atom is -0.477 e. The fourth-order valence-corrected chi connectivity index (χ4v) is 3.11. The fourth-order valence-electron chi connectivity index (χ4n) is 3.11. The first-order valence-electron chi connectivity index (χ1n) is 8.40. The number of ether oxygens (including phenoxy) is 1. The topological polar surface area (TPSA) is 55.6 Å². The van der Waals surface area contributed by atoms with E-state index in [4.69, 9.17) is 4.74 Å². The summed E-state index contributed by atoms with van der Waals surface area (Å²) in [6, 6.07) is 9.85. The highest BCUT2D eigenvalue weighted by Gasteiger charge is 2.21. The van der Waals surface area contributed by atoms with Gasteiger partial charge in [0.1, 0.15) is 5.82 Å². The number of rotatable bonds is 4. The summed E-state index contributed by atoms with van der Waals surface area (Å²) in [5.74, 6) is 2.33. The van der Waals surface area contributed by atoms with Gasteiger partial charge in [0.05, 0.1) is 12.8 Å². The van der Waals surface area contributed by atoms with E-state index in [0.717, 1.165) is 55.6 Å². The molecule has 0 atom stereocenters. The summed E-state index contributed by atoms with van der Waals surface area (Å²) in [6.45, 7) is 4.73. The first kappa shape index (κ1) is 14.9. The molecular formula is C18H21N5O. The molecule has 0 aromatic carbocycles. The molecule has 4 heterocycles. The lowest BCUT2D eigenvalue weighted by Gasteiger charge is -2.32. The van der Waals surface area contributed by atoms with Crippen molar-refractivity contribution < 1.29 is 4.74 Å². The Morgan fingerprint density at radius 1 is 1.12 bits per heavy atom.